The van der Waals surface area contributed by atoms with Gasteiger partial charge in [0.05, 0.1) is 11.5 Å². The van der Waals surface area contributed by atoms with Crippen molar-refractivity contribution in [2.75, 3.05) is 19.8 Å². The minimum Gasteiger partial charge on any atom is -0.382 e. The van der Waals surface area contributed by atoms with Gasteiger partial charge in [-0.05, 0) is 31.4 Å². The Morgan fingerprint density at radius 2 is 1.72 bits per heavy atom. The quantitative estimate of drug-likeness (QED) is 0.125. The molecule has 0 unspecified atom stereocenters. The van der Waals surface area contributed by atoms with Crippen molar-refractivity contribution in [2.24, 2.45) is 4.99 Å². The summed E-state index contributed by atoms with van der Waals surface area (Å²) in [4.78, 5) is 15.0. The number of nitrogens with one attached hydrogen (secondary N) is 2. The zero-order chi connectivity index (χ0) is 20.2. The van der Waals surface area contributed by atoms with Gasteiger partial charge in [0.25, 0.3) is 5.69 Å². The number of hydrogen-bond donors (Lipinski definition) is 2. The third kappa shape index (κ3) is 9.71. The Labute approximate surface area is 189 Å². The summed E-state index contributed by atoms with van der Waals surface area (Å²) in [5, 5.41) is 17.4. The van der Waals surface area contributed by atoms with Crippen molar-refractivity contribution in [1.29, 1.82) is 0 Å². The number of benzene rings is 2. The molecule has 0 amide bonds. The van der Waals surface area contributed by atoms with Gasteiger partial charge in [0, 0.05) is 38.4 Å². The van der Waals surface area contributed by atoms with Crippen LogP contribution in [0.3, 0.4) is 0 Å². The van der Waals surface area contributed by atoms with Crippen LogP contribution in [0.5, 0.6) is 0 Å². The summed E-state index contributed by atoms with van der Waals surface area (Å²) >= 11 is 0. The number of aryl methyl sites for hydroxylation is 1. The molecule has 0 spiro atoms. The number of nitro groups is 1. The lowest BCUT2D eigenvalue weighted by molar-refractivity contribution is -0.384. The van der Waals surface area contributed by atoms with E-state index in [0.717, 1.165) is 24.1 Å². The fourth-order valence-corrected chi connectivity index (χ4v) is 2.48. The predicted molar refractivity (Wildman–Crippen MR) is 127 cm³/mol. The third-order valence-electron chi connectivity index (χ3n) is 4.11. The van der Waals surface area contributed by atoms with E-state index in [1.165, 1.54) is 17.7 Å². The van der Waals surface area contributed by atoms with Crippen LogP contribution in [-0.4, -0.2) is 30.6 Å². The highest BCUT2D eigenvalue weighted by atomic mass is 127. The number of nitrogens with zero attached hydrogens (tertiary/aromatic N) is 2. The number of guanidine groups is 1. The lowest BCUT2D eigenvalue weighted by Crippen LogP contribution is -2.37. The molecule has 158 valence electrons. The third-order valence-corrected chi connectivity index (χ3v) is 4.11. The van der Waals surface area contributed by atoms with Crippen LogP contribution in [0.1, 0.15) is 30.0 Å². The molecule has 0 aliphatic carbocycles. The Morgan fingerprint density at radius 3 is 2.34 bits per heavy atom. The number of nitro benzene ring substituents is 1. The molecular formula is C21H29IN4O3. The molecular weight excluding hydrogens is 483 g/mol. The molecule has 0 saturated carbocycles. The molecule has 0 aliphatic heterocycles. The maximum absolute atomic E-state index is 10.8. The van der Waals surface area contributed by atoms with Crippen molar-refractivity contribution in [2.45, 2.75) is 33.4 Å². The number of non-ortho nitro benzene ring substituents is 1. The van der Waals surface area contributed by atoms with Crippen LogP contribution < -0.4 is 10.6 Å². The van der Waals surface area contributed by atoms with Gasteiger partial charge in [-0.3, -0.25) is 10.1 Å². The summed E-state index contributed by atoms with van der Waals surface area (Å²) in [6.45, 7) is 7.31. The first kappa shape index (κ1) is 24.8. The van der Waals surface area contributed by atoms with Crippen molar-refractivity contribution < 1.29 is 9.66 Å². The molecule has 0 bridgehead atoms. The minimum atomic E-state index is -0.397. The molecule has 0 aliphatic rings. The van der Waals surface area contributed by atoms with E-state index in [1.807, 2.05) is 6.92 Å². The molecule has 29 heavy (non-hydrogen) atoms. The van der Waals surface area contributed by atoms with Gasteiger partial charge < -0.3 is 15.4 Å². The van der Waals surface area contributed by atoms with Crippen LogP contribution in [0.25, 0.3) is 0 Å². The maximum Gasteiger partial charge on any atom is 0.269 e. The van der Waals surface area contributed by atoms with Crippen LogP contribution in [-0.2, 0) is 17.8 Å². The maximum atomic E-state index is 10.8. The number of ether oxygens (including phenoxy) is 1. The average Bonchev–Trinajstić information content (AvgIpc) is 2.70. The molecule has 0 atom stereocenters. The van der Waals surface area contributed by atoms with Gasteiger partial charge in [-0.2, -0.15) is 0 Å². The van der Waals surface area contributed by atoms with Crippen molar-refractivity contribution in [3.63, 3.8) is 0 Å². The second kappa shape index (κ2) is 13.9. The monoisotopic (exact) mass is 512 g/mol. The highest BCUT2D eigenvalue weighted by Crippen LogP contribution is 2.11. The second-order valence-electron chi connectivity index (χ2n) is 6.40. The summed E-state index contributed by atoms with van der Waals surface area (Å²) in [7, 11) is 0. The number of rotatable bonds is 10. The highest BCUT2D eigenvalue weighted by Gasteiger charge is 2.05. The lowest BCUT2D eigenvalue weighted by Gasteiger charge is -2.13. The van der Waals surface area contributed by atoms with Crippen molar-refractivity contribution in [3.05, 3.63) is 75.3 Å². The van der Waals surface area contributed by atoms with Crippen molar-refractivity contribution >= 4 is 35.6 Å². The van der Waals surface area contributed by atoms with Crippen LogP contribution in [0.15, 0.2) is 53.5 Å². The smallest absolute Gasteiger partial charge is 0.269 e. The molecule has 0 heterocycles. The van der Waals surface area contributed by atoms with Gasteiger partial charge in [0.2, 0.25) is 0 Å². The van der Waals surface area contributed by atoms with Gasteiger partial charge in [0.1, 0.15) is 0 Å². The first-order chi connectivity index (χ1) is 13.6. The fourth-order valence-electron chi connectivity index (χ4n) is 2.48. The predicted octanol–water partition coefficient (Wildman–Crippen LogP) is 4.18. The van der Waals surface area contributed by atoms with Crippen LogP contribution in [0.2, 0.25) is 0 Å². The van der Waals surface area contributed by atoms with E-state index in [9.17, 15) is 10.1 Å². The summed E-state index contributed by atoms with van der Waals surface area (Å²) in [5.74, 6) is 0.704. The normalized spacial score (nSPS) is 10.9. The van der Waals surface area contributed by atoms with Crippen molar-refractivity contribution in [3.8, 4) is 0 Å². The Balaban J connectivity index is 0.00000420. The van der Waals surface area contributed by atoms with Gasteiger partial charge in [-0.1, -0.05) is 42.0 Å². The molecule has 0 fully saturated rings. The molecule has 0 radical (unpaired) electrons. The van der Waals surface area contributed by atoms with Crippen LogP contribution in [0.4, 0.5) is 5.69 Å². The SMILES string of the molecule is CCOCCCNC(=NCc1ccc(C)cc1)NCc1ccc([N+](=O)[O-])cc1.I. The summed E-state index contributed by atoms with van der Waals surface area (Å²) in [5.41, 5.74) is 3.39. The molecule has 2 N–H and O–H groups in total. The molecule has 0 aromatic heterocycles. The van der Waals surface area contributed by atoms with Crippen LogP contribution in [0, 0.1) is 17.0 Å². The summed E-state index contributed by atoms with van der Waals surface area (Å²) in [6.07, 6.45) is 0.886. The number of aliphatic imine (C=N–C) groups is 1. The molecule has 0 saturated heterocycles. The van der Waals surface area contributed by atoms with E-state index in [4.69, 9.17) is 4.74 Å². The van der Waals surface area contributed by atoms with Gasteiger partial charge in [0.15, 0.2) is 5.96 Å². The highest BCUT2D eigenvalue weighted by molar-refractivity contribution is 14.0. The second-order valence-corrected chi connectivity index (χ2v) is 6.40. The Morgan fingerprint density at radius 1 is 1.07 bits per heavy atom. The van der Waals surface area contributed by atoms with E-state index in [-0.39, 0.29) is 29.7 Å². The Hall–Kier alpha value is -2.20. The van der Waals surface area contributed by atoms with E-state index in [0.29, 0.717) is 32.3 Å². The van der Waals surface area contributed by atoms with Crippen molar-refractivity contribution in [1.82, 2.24) is 10.6 Å². The summed E-state index contributed by atoms with van der Waals surface area (Å²) < 4.78 is 5.36. The van der Waals surface area contributed by atoms with Gasteiger partial charge >= 0.3 is 0 Å². The minimum absolute atomic E-state index is 0. The van der Waals surface area contributed by atoms with E-state index in [1.54, 1.807) is 12.1 Å². The van der Waals surface area contributed by atoms with Crippen LogP contribution >= 0.6 is 24.0 Å². The van der Waals surface area contributed by atoms with Gasteiger partial charge in [-0.15, -0.1) is 24.0 Å². The van der Waals surface area contributed by atoms with E-state index < -0.39 is 4.92 Å². The molecule has 2 rings (SSSR count). The fraction of sp³-hybridized carbons (Fsp3) is 0.381. The topological polar surface area (TPSA) is 88.8 Å². The van der Waals surface area contributed by atoms with Gasteiger partial charge in [-0.25, -0.2) is 4.99 Å². The zero-order valence-electron chi connectivity index (χ0n) is 16.9. The first-order valence-corrected chi connectivity index (χ1v) is 9.47. The standard InChI is InChI=1S/C21H28N4O3.HI/c1-3-28-14-4-13-22-21(23-15-18-7-5-17(2)6-8-18)24-16-19-9-11-20(12-10-19)25(26)27;/h5-12H,3-4,13-16H2,1-2H3,(H2,22,23,24);1H. The first-order valence-electron chi connectivity index (χ1n) is 9.47. The molecule has 7 nitrogen and oxygen atoms in total. The molecule has 8 heteroatoms. The van der Waals surface area contributed by atoms with E-state index >= 15 is 0 Å². The molecule has 2 aromatic rings. The zero-order valence-corrected chi connectivity index (χ0v) is 19.2. The average molecular weight is 512 g/mol. The number of halogens is 1. The summed E-state index contributed by atoms with van der Waals surface area (Å²) in [6, 6.07) is 14.8. The number of hydrogen-bond acceptors (Lipinski definition) is 4. The van der Waals surface area contributed by atoms with E-state index in [2.05, 4.69) is 46.8 Å². The lowest BCUT2D eigenvalue weighted by atomic mass is 10.1. The largest absolute Gasteiger partial charge is 0.382 e. The Bertz CT molecular complexity index is 765. The molecule has 2 aromatic carbocycles. The Kier molecular flexibility index (Phi) is 11.9.